The molecule has 39 heavy (non-hydrogen) atoms. The molecule has 3 N–H and O–H groups in total. The Kier molecular flexibility index (Phi) is 7.94. The maximum Gasteiger partial charge on any atom is 0.471 e. The van der Waals surface area contributed by atoms with Crippen LogP contribution in [0.5, 0.6) is 0 Å². The van der Waals surface area contributed by atoms with Crippen molar-refractivity contribution >= 4 is 23.6 Å². The molecule has 0 aromatic rings. The highest BCUT2D eigenvalue weighted by Crippen LogP contribution is 2.44. The molecule has 0 aromatic carbocycles. The number of carbonyl (C=O) groups is 4. The Bertz CT molecular complexity index is 1050. The van der Waals surface area contributed by atoms with Crippen LogP contribution in [0.2, 0.25) is 0 Å². The zero-order chi connectivity index (χ0) is 28.8. The van der Waals surface area contributed by atoms with Crippen molar-refractivity contribution in [2.75, 3.05) is 6.54 Å². The molecule has 1 spiro atoms. The van der Waals surface area contributed by atoms with Crippen molar-refractivity contribution in [1.29, 1.82) is 5.26 Å². The first-order chi connectivity index (χ1) is 18.1. The number of fused-ring (bicyclic) bond motifs is 1. The van der Waals surface area contributed by atoms with E-state index in [9.17, 15) is 37.6 Å². The van der Waals surface area contributed by atoms with E-state index in [1.807, 2.05) is 5.32 Å². The van der Waals surface area contributed by atoms with Crippen LogP contribution in [0, 0.1) is 34.5 Å². The van der Waals surface area contributed by atoms with E-state index in [4.69, 9.17) is 0 Å². The van der Waals surface area contributed by atoms with Crippen LogP contribution in [0.4, 0.5) is 13.2 Å². The molecule has 2 aliphatic heterocycles. The first-order valence-corrected chi connectivity index (χ1v) is 13.9. The smallest absolute Gasteiger partial charge is 0.350 e. The van der Waals surface area contributed by atoms with Gasteiger partial charge in [0.25, 0.3) is 0 Å². The number of hydrogen-bond acceptors (Lipinski definition) is 5. The number of nitriles is 1. The largest absolute Gasteiger partial charge is 0.471 e. The van der Waals surface area contributed by atoms with Gasteiger partial charge in [-0.15, -0.1) is 0 Å². The average Bonchev–Trinajstić information content (AvgIpc) is 3.48. The van der Waals surface area contributed by atoms with Crippen molar-refractivity contribution in [2.24, 2.45) is 23.2 Å². The monoisotopic (exact) mass is 553 g/mol. The number of rotatable bonds is 6. The van der Waals surface area contributed by atoms with Crippen LogP contribution in [0.15, 0.2) is 0 Å². The van der Waals surface area contributed by atoms with E-state index in [-0.39, 0.29) is 36.2 Å². The minimum absolute atomic E-state index is 0.00299. The van der Waals surface area contributed by atoms with Crippen molar-refractivity contribution in [3.8, 4) is 6.07 Å². The fraction of sp³-hybridized carbons (Fsp3) is 0.815. The number of alkyl halides is 3. The van der Waals surface area contributed by atoms with Gasteiger partial charge in [0, 0.05) is 18.0 Å². The molecule has 6 unspecified atom stereocenters. The highest BCUT2D eigenvalue weighted by atomic mass is 19.4. The summed E-state index contributed by atoms with van der Waals surface area (Å²) in [7, 11) is 0. The second-order valence-electron chi connectivity index (χ2n) is 12.8. The topological polar surface area (TPSA) is 131 Å². The molecule has 0 radical (unpaired) electrons. The van der Waals surface area contributed by atoms with Crippen LogP contribution in [0.1, 0.15) is 78.6 Å². The van der Waals surface area contributed by atoms with E-state index in [0.29, 0.717) is 12.8 Å². The number of nitrogens with one attached hydrogen (secondary N) is 3. The molecule has 0 aromatic heterocycles. The Hall–Kier alpha value is -2.84. The van der Waals surface area contributed by atoms with Crippen molar-refractivity contribution < 1.29 is 32.3 Å². The lowest BCUT2D eigenvalue weighted by Gasteiger charge is -2.36. The lowest BCUT2D eigenvalue weighted by molar-refractivity contribution is -0.176. The zero-order valence-electron chi connectivity index (χ0n) is 22.7. The van der Waals surface area contributed by atoms with Gasteiger partial charge in [-0.1, -0.05) is 33.6 Å². The summed E-state index contributed by atoms with van der Waals surface area (Å²) in [6.45, 7) is 4.85. The predicted octanol–water partition coefficient (Wildman–Crippen LogP) is 2.55. The molecule has 4 amide bonds. The van der Waals surface area contributed by atoms with Crippen molar-refractivity contribution in [3.63, 3.8) is 0 Å². The van der Waals surface area contributed by atoms with Gasteiger partial charge in [-0.3, -0.25) is 19.2 Å². The van der Waals surface area contributed by atoms with Gasteiger partial charge in [0.1, 0.15) is 18.1 Å². The maximum absolute atomic E-state index is 13.7. The van der Waals surface area contributed by atoms with Crippen LogP contribution in [0.25, 0.3) is 0 Å². The predicted molar refractivity (Wildman–Crippen MR) is 133 cm³/mol. The van der Waals surface area contributed by atoms with E-state index < -0.39 is 53.4 Å². The average molecular weight is 554 g/mol. The highest BCUT2D eigenvalue weighted by Gasteiger charge is 2.53. The van der Waals surface area contributed by atoms with E-state index in [1.54, 1.807) is 20.8 Å². The lowest BCUT2D eigenvalue weighted by Crippen LogP contribution is -2.60. The second kappa shape index (κ2) is 10.6. The summed E-state index contributed by atoms with van der Waals surface area (Å²) >= 11 is 0. The molecule has 6 atom stereocenters. The molecule has 2 saturated carbocycles. The summed E-state index contributed by atoms with van der Waals surface area (Å²) in [5.41, 5.74) is -1.15. The lowest BCUT2D eigenvalue weighted by atomic mass is 9.78. The fourth-order valence-electron chi connectivity index (χ4n) is 6.51. The Balaban J connectivity index is 1.51. The summed E-state index contributed by atoms with van der Waals surface area (Å²) in [6.07, 6.45) is 1.58. The van der Waals surface area contributed by atoms with Gasteiger partial charge in [0.15, 0.2) is 0 Å². The normalized spacial score (nSPS) is 29.5. The molecule has 12 heteroatoms. The first kappa shape index (κ1) is 29.2. The molecule has 2 heterocycles. The summed E-state index contributed by atoms with van der Waals surface area (Å²) in [4.78, 5) is 53.1. The highest BCUT2D eigenvalue weighted by molar-refractivity contribution is 5.94. The van der Waals surface area contributed by atoms with Gasteiger partial charge in [0.2, 0.25) is 17.7 Å². The van der Waals surface area contributed by atoms with Gasteiger partial charge in [0.05, 0.1) is 6.07 Å². The quantitative estimate of drug-likeness (QED) is 0.465. The van der Waals surface area contributed by atoms with E-state index >= 15 is 0 Å². The summed E-state index contributed by atoms with van der Waals surface area (Å²) in [5, 5.41) is 17.4. The summed E-state index contributed by atoms with van der Waals surface area (Å²) < 4.78 is 39.2. The number of likely N-dealkylation sites (tertiary alicyclic amines) is 1. The molecule has 9 nitrogen and oxygen atoms in total. The van der Waals surface area contributed by atoms with Gasteiger partial charge in [-0.05, 0) is 62.2 Å². The summed E-state index contributed by atoms with van der Waals surface area (Å²) in [6, 6.07) is -1.36. The Morgan fingerprint density at radius 1 is 1.10 bits per heavy atom. The maximum atomic E-state index is 13.7. The fourth-order valence-corrected chi connectivity index (χ4v) is 6.51. The van der Waals surface area contributed by atoms with E-state index in [2.05, 4.69) is 16.7 Å². The third-order valence-electron chi connectivity index (χ3n) is 8.91. The van der Waals surface area contributed by atoms with Crippen LogP contribution in [0.3, 0.4) is 0 Å². The third kappa shape index (κ3) is 6.33. The number of amides is 4. The molecule has 2 aliphatic carbocycles. The summed E-state index contributed by atoms with van der Waals surface area (Å²) in [5.74, 6) is -4.24. The van der Waals surface area contributed by atoms with Gasteiger partial charge < -0.3 is 20.9 Å². The Morgan fingerprint density at radius 2 is 1.77 bits per heavy atom. The van der Waals surface area contributed by atoms with Crippen molar-refractivity contribution in [3.05, 3.63) is 0 Å². The molecule has 216 valence electrons. The Morgan fingerprint density at radius 3 is 2.33 bits per heavy atom. The molecular formula is C27H38F3N5O4. The molecule has 4 fully saturated rings. The second-order valence-corrected chi connectivity index (χ2v) is 12.8. The van der Waals surface area contributed by atoms with Gasteiger partial charge >= 0.3 is 12.1 Å². The van der Waals surface area contributed by atoms with Crippen LogP contribution in [-0.2, 0) is 19.2 Å². The minimum atomic E-state index is -5.16. The molecular weight excluding hydrogens is 515 g/mol. The number of halogens is 3. The van der Waals surface area contributed by atoms with Crippen molar-refractivity contribution in [1.82, 2.24) is 20.9 Å². The van der Waals surface area contributed by atoms with Crippen LogP contribution < -0.4 is 16.0 Å². The number of hydrogen-bond donors (Lipinski definition) is 3. The third-order valence-corrected chi connectivity index (χ3v) is 8.91. The number of nitrogens with zero attached hydrogens (tertiary/aromatic N) is 2. The molecule has 0 bridgehead atoms. The first-order valence-electron chi connectivity index (χ1n) is 13.9. The molecule has 2 saturated heterocycles. The van der Waals surface area contributed by atoms with E-state index in [0.717, 1.165) is 38.5 Å². The number of piperidine rings is 1. The standard InChI is InChI=1S/C27H38F3N5O4/c1-25(2,3)20(33-24(39)27(28,29)30)23(38)35-14-16-6-4-5-7-18(16)19(35)22(37)32-17(13-31)12-15-8-9-26(10-11-26)34-21(15)36/h15-20H,4-12,14H2,1-3H3,(H,32,37)(H,33,39)(H,34,36). The minimum Gasteiger partial charge on any atom is -0.350 e. The van der Waals surface area contributed by atoms with Crippen LogP contribution >= 0.6 is 0 Å². The number of carbonyl (C=O) groups excluding carboxylic acids is 4. The van der Waals surface area contributed by atoms with Gasteiger partial charge in [-0.2, -0.15) is 18.4 Å². The SMILES string of the molecule is CC(C)(C)C(NC(=O)C(F)(F)F)C(=O)N1CC2CCCCC2C1C(=O)NC(C#N)CC1CCC2(CC2)NC1=O. The zero-order valence-corrected chi connectivity index (χ0v) is 22.7. The van der Waals surface area contributed by atoms with Crippen LogP contribution in [-0.4, -0.2) is 64.9 Å². The van der Waals surface area contributed by atoms with Crippen molar-refractivity contribution in [2.45, 2.75) is 108 Å². The van der Waals surface area contributed by atoms with Gasteiger partial charge in [-0.25, -0.2) is 0 Å². The molecule has 4 rings (SSSR count). The Labute approximate surface area is 226 Å². The molecule has 4 aliphatic rings. The van der Waals surface area contributed by atoms with E-state index in [1.165, 1.54) is 4.90 Å².